The minimum absolute atomic E-state index is 0.0661. The van der Waals surface area contributed by atoms with Gasteiger partial charge in [0.25, 0.3) is 0 Å². The van der Waals surface area contributed by atoms with Crippen molar-refractivity contribution in [2.75, 3.05) is 37.0 Å². The van der Waals surface area contributed by atoms with Gasteiger partial charge in [-0.05, 0) is 25.0 Å². The minimum Gasteiger partial charge on any atom is -0.423 e. The van der Waals surface area contributed by atoms with Gasteiger partial charge < -0.3 is 24.3 Å². The molecule has 0 unspecified atom stereocenters. The van der Waals surface area contributed by atoms with E-state index in [1.54, 1.807) is 25.1 Å². The number of hydrogen-bond donors (Lipinski definition) is 1. The number of anilines is 2. The van der Waals surface area contributed by atoms with Gasteiger partial charge in [-0.1, -0.05) is 0 Å². The molecule has 2 aromatic heterocycles. The maximum Gasteiger partial charge on any atom is 0.322 e. The predicted octanol–water partition coefficient (Wildman–Crippen LogP) is 2.37. The Balaban J connectivity index is 1.45. The Labute approximate surface area is 157 Å². The summed E-state index contributed by atoms with van der Waals surface area (Å²) in [7, 11) is 1.64. The van der Waals surface area contributed by atoms with Crippen molar-refractivity contribution in [3.05, 3.63) is 30.1 Å². The standard InChI is InChI=1S/C18H24N6O3/c1-12-21-22-17(27-12)15-9-14(26-2)11-24(15)18(25)20-13-5-6-16(19-10-13)23-7-3-4-8-23/h5-6,10,14-15H,3-4,7-9,11H2,1-2H3,(H,20,25)/t14-,15+/m0/s1. The van der Waals surface area contributed by atoms with Crippen molar-refractivity contribution in [2.45, 2.75) is 38.3 Å². The summed E-state index contributed by atoms with van der Waals surface area (Å²) in [5.74, 6) is 1.86. The van der Waals surface area contributed by atoms with Gasteiger partial charge in [0.1, 0.15) is 11.9 Å². The van der Waals surface area contributed by atoms with E-state index in [1.807, 2.05) is 12.1 Å². The fourth-order valence-electron chi connectivity index (χ4n) is 3.66. The lowest BCUT2D eigenvalue weighted by atomic mass is 10.2. The number of aryl methyl sites for hydroxylation is 1. The van der Waals surface area contributed by atoms with E-state index in [0.717, 1.165) is 18.9 Å². The first kappa shape index (κ1) is 17.7. The van der Waals surface area contributed by atoms with Crippen molar-refractivity contribution in [1.82, 2.24) is 20.1 Å². The summed E-state index contributed by atoms with van der Waals surface area (Å²) in [6, 6.07) is 3.30. The van der Waals surface area contributed by atoms with Crippen LogP contribution in [0.25, 0.3) is 0 Å². The van der Waals surface area contributed by atoms with Crippen LogP contribution in [0.2, 0.25) is 0 Å². The average Bonchev–Trinajstić information content (AvgIpc) is 3.42. The second-order valence-electron chi connectivity index (χ2n) is 6.95. The van der Waals surface area contributed by atoms with Gasteiger partial charge in [0, 0.05) is 40.1 Å². The molecule has 0 bridgehead atoms. The summed E-state index contributed by atoms with van der Waals surface area (Å²) in [6.45, 7) is 4.28. The SMILES string of the molecule is CO[C@H]1C[C@H](c2nnc(C)o2)N(C(=O)Nc2ccc(N3CCCC3)nc2)C1. The highest BCUT2D eigenvalue weighted by Crippen LogP contribution is 2.33. The van der Waals surface area contributed by atoms with Crippen molar-refractivity contribution in [3.8, 4) is 0 Å². The fraction of sp³-hybridized carbons (Fsp3) is 0.556. The average molecular weight is 372 g/mol. The minimum atomic E-state index is -0.298. The van der Waals surface area contributed by atoms with Crippen LogP contribution >= 0.6 is 0 Å². The maximum atomic E-state index is 12.8. The van der Waals surface area contributed by atoms with Gasteiger partial charge in [-0.3, -0.25) is 0 Å². The number of pyridine rings is 1. The van der Waals surface area contributed by atoms with Crippen molar-refractivity contribution >= 4 is 17.5 Å². The second-order valence-corrected chi connectivity index (χ2v) is 6.95. The normalized spacial score (nSPS) is 22.4. The number of nitrogens with zero attached hydrogens (tertiary/aromatic N) is 5. The van der Waals surface area contributed by atoms with Crippen LogP contribution in [0.5, 0.6) is 0 Å². The number of carbonyl (C=O) groups excluding carboxylic acids is 1. The molecule has 0 radical (unpaired) electrons. The van der Waals surface area contributed by atoms with Crippen LogP contribution in [0.3, 0.4) is 0 Å². The molecule has 2 fully saturated rings. The number of aromatic nitrogens is 3. The van der Waals surface area contributed by atoms with E-state index >= 15 is 0 Å². The van der Waals surface area contributed by atoms with Crippen LogP contribution in [-0.4, -0.2) is 59.0 Å². The number of carbonyl (C=O) groups is 1. The molecule has 2 aliphatic heterocycles. The molecule has 0 spiro atoms. The number of nitrogens with one attached hydrogen (secondary N) is 1. The number of urea groups is 1. The Hall–Kier alpha value is -2.68. The van der Waals surface area contributed by atoms with E-state index in [1.165, 1.54) is 12.8 Å². The van der Waals surface area contributed by atoms with Gasteiger partial charge in [0.05, 0.1) is 18.0 Å². The summed E-state index contributed by atoms with van der Waals surface area (Å²) >= 11 is 0. The largest absolute Gasteiger partial charge is 0.423 e. The number of hydrogen-bond acceptors (Lipinski definition) is 7. The Morgan fingerprint density at radius 2 is 2.11 bits per heavy atom. The summed E-state index contributed by atoms with van der Waals surface area (Å²) in [5, 5.41) is 10.9. The Morgan fingerprint density at radius 1 is 1.30 bits per heavy atom. The Bertz CT molecular complexity index is 787. The highest BCUT2D eigenvalue weighted by atomic mass is 16.5. The van der Waals surface area contributed by atoms with E-state index in [2.05, 4.69) is 25.4 Å². The molecule has 2 atom stereocenters. The van der Waals surface area contributed by atoms with Crippen LogP contribution < -0.4 is 10.2 Å². The number of amides is 2. The van der Waals surface area contributed by atoms with Gasteiger partial charge in [-0.15, -0.1) is 10.2 Å². The van der Waals surface area contributed by atoms with E-state index in [-0.39, 0.29) is 18.2 Å². The second kappa shape index (κ2) is 7.51. The quantitative estimate of drug-likeness (QED) is 0.880. The smallest absolute Gasteiger partial charge is 0.322 e. The van der Waals surface area contributed by atoms with Crippen molar-refractivity contribution in [2.24, 2.45) is 0 Å². The van der Waals surface area contributed by atoms with Gasteiger partial charge >= 0.3 is 6.03 Å². The lowest BCUT2D eigenvalue weighted by Crippen LogP contribution is -2.35. The van der Waals surface area contributed by atoms with Crippen LogP contribution in [0, 0.1) is 6.92 Å². The monoisotopic (exact) mass is 372 g/mol. The van der Waals surface area contributed by atoms with Gasteiger partial charge in [-0.25, -0.2) is 9.78 Å². The first-order valence-electron chi connectivity index (χ1n) is 9.25. The predicted molar refractivity (Wildman–Crippen MR) is 98.6 cm³/mol. The summed E-state index contributed by atoms with van der Waals surface area (Å²) < 4.78 is 11.0. The molecule has 2 aliphatic rings. The molecule has 1 N–H and O–H groups in total. The van der Waals surface area contributed by atoms with Crippen LogP contribution in [0.15, 0.2) is 22.7 Å². The highest BCUT2D eigenvalue weighted by Gasteiger charge is 2.39. The van der Waals surface area contributed by atoms with Crippen molar-refractivity contribution < 1.29 is 13.9 Å². The molecule has 0 aromatic carbocycles. The first-order chi connectivity index (χ1) is 13.1. The number of rotatable bonds is 4. The molecule has 144 valence electrons. The molecule has 4 rings (SSSR count). The molecule has 2 saturated heterocycles. The molecule has 2 amide bonds. The molecule has 2 aromatic rings. The van der Waals surface area contributed by atoms with E-state index < -0.39 is 0 Å². The van der Waals surface area contributed by atoms with E-state index in [0.29, 0.717) is 30.4 Å². The Morgan fingerprint density at radius 3 is 2.74 bits per heavy atom. The lowest BCUT2D eigenvalue weighted by molar-refractivity contribution is 0.111. The maximum absolute atomic E-state index is 12.8. The molecule has 9 nitrogen and oxygen atoms in total. The van der Waals surface area contributed by atoms with Crippen molar-refractivity contribution in [1.29, 1.82) is 0 Å². The summed E-state index contributed by atoms with van der Waals surface area (Å²) in [4.78, 5) is 21.2. The van der Waals surface area contributed by atoms with Crippen LogP contribution in [0.1, 0.15) is 37.1 Å². The molecule has 4 heterocycles. The number of likely N-dealkylation sites (tertiary alicyclic amines) is 1. The zero-order chi connectivity index (χ0) is 18.8. The van der Waals surface area contributed by atoms with Crippen LogP contribution in [0.4, 0.5) is 16.3 Å². The third-order valence-electron chi connectivity index (χ3n) is 5.11. The molecule has 0 saturated carbocycles. The van der Waals surface area contributed by atoms with E-state index in [4.69, 9.17) is 9.15 Å². The molecular formula is C18H24N6O3. The third kappa shape index (κ3) is 3.73. The summed E-state index contributed by atoms with van der Waals surface area (Å²) in [6.07, 6.45) is 4.65. The zero-order valence-electron chi connectivity index (χ0n) is 15.6. The number of ether oxygens (including phenoxy) is 1. The van der Waals surface area contributed by atoms with Gasteiger partial charge in [-0.2, -0.15) is 0 Å². The fourth-order valence-corrected chi connectivity index (χ4v) is 3.66. The highest BCUT2D eigenvalue weighted by molar-refractivity contribution is 5.89. The molecule has 27 heavy (non-hydrogen) atoms. The first-order valence-corrected chi connectivity index (χ1v) is 9.25. The van der Waals surface area contributed by atoms with Gasteiger partial charge in [0.15, 0.2) is 0 Å². The molecule has 0 aliphatic carbocycles. The lowest BCUT2D eigenvalue weighted by Gasteiger charge is -2.22. The van der Waals surface area contributed by atoms with Crippen molar-refractivity contribution in [3.63, 3.8) is 0 Å². The molecular weight excluding hydrogens is 348 g/mol. The van der Waals surface area contributed by atoms with E-state index in [9.17, 15) is 4.79 Å². The third-order valence-corrected chi connectivity index (χ3v) is 5.11. The topological polar surface area (TPSA) is 96.6 Å². The molecule has 9 heteroatoms. The van der Waals surface area contributed by atoms with Crippen LogP contribution in [-0.2, 0) is 4.74 Å². The van der Waals surface area contributed by atoms with Gasteiger partial charge in [0.2, 0.25) is 11.8 Å². The number of methoxy groups -OCH3 is 1. The summed E-state index contributed by atoms with van der Waals surface area (Å²) in [5.41, 5.74) is 0.657. The Kier molecular flexibility index (Phi) is 4.93. The zero-order valence-corrected chi connectivity index (χ0v) is 15.6.